The fourth-order valence-electron chi connectivity index (χ4n) is 1.49. The summed E-state index contributed by atoms with van der Waals surface area (Å²) in [6.45, 7) is 1.66. The summed E-state index contributed by atoms with van der Waals surface area (Å²) < 4.78 is 0. The van der Waals surface area contributed by atoms with Gasteiger partial charge in [-0.15, -0.1) is 12.4 Å². The van der Waals surface area contributed by atoms with Gasteiger partial charge in [-0.1, -0.05) is 23.7 Å². The van der Waals surface area contributed by atoms with Crippen molar-refractivity contribution >= 4 is 29.9 Å². The number of hydrogen-bond donors (Lipinski definition) is 2. The number of benzene rings is 1. The van der Waals surface area contributed by atoms with Crippen LogP contribution in [0.15, 0.2) is 24.3 Å². The van der Waals surface area contributed by atoms with Gasteiger partial charge < -0.3 is 10.6 Å². The van der Waals surface area contributed by atoms with Crippen LogP contribution >= 0.6 is 24.0 Å². The lowest BCUT2D eigenvalue weighted by atomic mass is 10.1. The van der Waals surface area contributed by atoms with Crippen LogP contribution in [0.1, 0.15) is 18.4 Å². The number of carbonyl (C=O) groups is 1. The fraction of sp³-hybridized carbons (Fsp3) is 0.462. The summed E-state index contributed by atoms with van der Waals surface area (Å²) in [6, 6.07) is 7.61. The topological polar surface area (TPSA) is 41.1 Å². The Morgan fingerprint density at radius 1 is 1.22 bits per heavy atom. The fourth-order valence-corrected chi connectivity index (χ4v) is 1.62. The Hall–Kier alpha value is -0.770. The van der Waals surface area contributed by atoms with E-state index in [2.05, 4.69) is 10.6 Å². The van der Waals surface area contributed by atoms with Crippen LogP contribution in [0.5, 0.6) is 0 Å². The second kappa shape index (κ2) is 10.2. The van der Waals surface area contributed by atoms with Crippen LogP contribution in [0, 0.1) is 0 Å². The lowest BCUT2D eigenvalue weighted by Crippen LogP contribution is -2.26. The second-order valence-corrected chi connectivity index (χ2v) is 4.37. The zero-order valence-corrected chi connectivity index (χ0v) is 12.1. The van der Waals surface area contributed by atoms with Gasteiger partial charge >= 0.3 is 0 Å². The molecule has 0 atom stereocenters. The van der Waals surface area contributed by atoms with Crippen molar-refractivity contribution in [1.29, 1.82) is 0 Å². The summed E-state index contributed by atoms with van der Waals surface area (Å²) in [5.41, 5.74) is 1.14. The first-order valence-corrected chi connectivity index (χ1v) is 6.26. The third-order valence-electron chi connectivity index (χ3n) is 2.48. The van der Waals surface area contributed by atoms with Gasteiger partial charge in [0, 0.05) is 18.0 Å². The van der Waals surface area contributed by atoms with Crippen molar-refractivity contribution in [3.8, 4) is 0 Å². The van der Waals surface area contributed by atoms with E-state index in [1.165, 1.54) is 0 Å². The molecule has 0 heterocycles. The van der Waals surface area contributed by atoms with Gasteiger partial charge in [-0.3, -0.25) is 4.79 Å². The molecule has 1 rings (SSSR count). The molecule has 0 aliphatic carbocycles. The van der Waals surface area contributed by atoms with Gasteiger partial charge in [0.15, 0.2) is 0 Å². The molecule has 18 heavy (non-hydrogen) atoms. The third-order valence-corrected chi connectivity index (χ3v) is 2.73. The first-order valence-electron chi connectivity index (χ1n) is 5.88. The molecule has 0 aliphatic rings. The number of carbonyl (C=O) groups excluding carboxylic acids is 1. The number of hydrogen-bond acceptors (Lipinski definition) is 2. The predicted molar refractivity (Wildman–Crippen MR) is 78.6 cm³/mol. The van der Waals surface area contributed by atoms with E-state index < -0.39 is 0 Å². The van der Waals surface area contributed by atoms with E-state index in [0.717, 1.165) is 36.5 Å². The minimum atomic E-state index is 0. The molecule has 0 aliphatic heterocycles. The first-order chi connectivity index (χ1) is 8.22. The van der Waals surface area contributed by atoms with E-state index >= 15 is 0 Å². The molecule has 0 fully saturated rings. The summed E-state index contributed by atoms with van der Waals surface area (Å²) in [7, 11) is 1.91. The molecule has 102 valence electrons. The Kier molecular flexibility index (Phi) is 9.74. The van der Waals surface area contributed by atoms with Crippen molar-refractivity contribution in [3.05, 3.63) is 34.9 Å². The highest BCUT2D eigenvalue weighted by Crippen LogP contribution is 2.10. The summed E-state index contributed by atoms with van der Waals surface area (Å²) in [4.78, 5) is 11.5. The largest absolute Gasteiger partial charge is 0.356 e. The summed E-state index contributed by atoms with van der Waals surface area (Å²) in [5.74, 6) is 0.107. The third kappa shape index (κ3) is 7.54. The quantitative estimate of drug-likeness (QED) is 0.758. The van der Waals surface area contributed by atoms with Crippen molar-refractivity contribution in [2.45, 2.75) is 19.3 Å². The van der Waals surface area contributed by atoms with Gasteiger partial charge in [-0.25, -0.2) is 0 Å². The molecule has 0 spiro atoms. The van der Waals surface area contributed by atoms with Crippen LogP contribution < -0.4 is 10.6 Å². The van der Waals surface area contributed by atoms with Gasteiger partial charge in [0.25, 0.3) is 0 Å². The molecule has 0 bridgehead atoms. The Morgan fingerprint density at radius 3 is 2.50 bits per heavy atom. The zero-order chi connectivity index (χ0) is 12.5. The summed E-state index contributed by atoms with van der Waals surface area (Å²) in [6.07, 6.45) is 2.25. The first kappa shape index (κ1) is 17.2. The Bertz CT molecular complexity index is 341. The number of rotatable bonds is 7. The van der Waals surface area contributed by atoms with Crippen LogP contribution in [0.3, 0.4) is 0 Å². The molecular weight excluding hydrogens is 271 g/mol. The van der Waals surface area contributed by atoms with Crippen LogP contribution in [0.4, 0.5) is 0 Å². The number of aryl methyl sites for hydroxylation is 1. The molecular formula is C13H20Cl2N2O. The smallest absolute Gasteiger partial charge is 0.220 e. The van der Waals surface area contributed by atoms with Crippen LogP contribution in [-0.4, -0.2) is 26.0 Å². The average molecular weight is 291 g/mol. The van der Waals surface area contributed by atoms with Gasteiger partial charge in [-0.2, -0.15) is 0 Å². The Labute approximate surface area is 120 Å². The van der Waals surface area contributed by atoms with Crippen molar-refractivity contribution in [1.82, 2.24) is 10.6 Å². The van der Waals surface area contributed by atoms with Crippen molar-refractivity contribution in [2.75, 3.05) is 20.1 Å². The molecule has 5 heteroatoms. The molecule has 0 unspecified atom stereocenters. The minimum absolute atomic E-state index is 0. The van der Waals surface area contributed by atoms with E-state index in [4.69, 9.17) is 11.6 Å². The van der Waals surface area contributed by atoms with Gasteiger partial charge in [0.1, 0.15) is 0 Å². The molecule has 3 nitrogen and oxygen atoms in total. The number of halogens is 2. The highest BCUT2D eigenvalue weighted by Gasteiger charge is 2.01. The van der Waals surface area contributed by atoms with E-state index in [-0.39, 0.29) is 18.3 Å². The van der Waals surface area contributed by atoms with Crippen LogP contribution in [-0.2, 0) is 11.2 Å². The monoisotopic (exact) mass is 290 g/mol. The standard InChI is InChI=1S/C13H19ClN2O.ClH/c1-15-9-2-10-16-13(17)8-5-11-3-6-12(14)7-4-11;/h3-4,6-7,15H,2,5,8-10H2,1H3,(H,16,17);1H. The lowest BCUT2D eigenvalue weighted by Gasteiger charge is -2.05. The highest BCUT2D eigenvalue weighted by atomic mass is 35.5. The number of nitrogens with one attached hydrogen (secondary N) is 2. The Morgan fingerprint density at radius 2 is 1.89 bits per heavy atom. The molecule has 0 radical (unpaired) electrons. The average Bonchev–Trinajstić information content (AvgIpc) is 2.34. The maximum atomic E-state index is 11.5. The van der Waals surface area contributed by atoms with Crippen LogP contribution in [0.2, 0.25) is 5.02 Å². The van der Waals surface area contributed by atoms with Crippen molar-refractivity contribution in [2.24, 2.45) is 0 Å². The molecule has 1 aromatic carbocycles. The normalized spacial score (nSPS) is 9.67. The number of amides is 1. The molecule has 0 saturated heterocycles. The lowest BCUT2D eigenvalue weighted by molar-refractivity contribution is -0.121. The second-order valence-electron chi connectivity index (χ2n) is 3.93. The van der Waals surface area contributed by atoms with Gasteiger partial charge in [0.2, 0.25) is 5.91 Å². The Balaban J connectivity index is 0.00000289. The highest BCUT2D eigenvalue weighted by molar-refractivity contribution is 6.30. The van der Waals surface area contributed by atoms with Crippen molar-refractivity contribution < 1.29 is 4.79 Å². The maximum Gasteiger partial charge on any atom is 0.220 e. The summed E-state index contributed by atoms with van der Waals surface area (Å²) in [5, 5.41) is 6.66. The summed E-state index contributed by atoms with van der Waals surface area (Å²) >= 11 is 5.79. The van der Waals surface area contributed by atoms with Gasteiger partial charge in [-0.05, 0) is 44.1 Å². The van der Waals surface area contributed by atoms with E-state index in [0.29, 0.717) is 6.42 Å². The molecule has 2 N–H and O–H groups in total. The minimum Gasteiger partial charge on any atom is -0.356 e. The predicted octanol–water partition coefficient (Wildman–Crippen LogP) is 2.42. The van der Waals surface area contributed by atoms with Crippen LogP contribution in [0.25, 0.3) is 0 Å². The maximum absolute atomic E-state index is 11.5. The van der Waals surface area contributed by atoms with E-state index in [1.54, 1.807) is 0 Å². The SMILES string of the molecule is CNCCCNC(=O)CCc1ccc(Cl)cc1.Cl. The van der Waals surface area contributed by atoms with Crippen molar-refractivity contribution in [3.63, 3.8) is 0 Å². The zero-order valence-electron chi connectivity index (χ0n) is 10.5. The van der Waals surface area contributed by atoms with E-state index in [9.17, 15) is 4.79 Å². The van der Waals surface area contributed by atoms with Gasteiger partial charge in [0.05, 0.1) is 0 Å². The molecule has 0 aromatic heterocycles. The van der Waals surface area contributed by atoms with E-state index in [1.807, 2.05) is 31.3 Å². The molecule has 1 aromatic rings. The molecule has 1 amide bonds. The molecule has 0 saturated carbocycles.